The summed E-state index contributed by atoms with van der Waals surface area (Å²) in [6, 6.07) is 4.44. The van der Waals surface area contributed by atoms with Gasteiger partial charge in [0, 0.05) is 24.1 Å². The lowest BCUT2D eigenvalue weighted by atomic mass is 9.99. The highest BCUT2D eigenvalue weighted by molar-refractivity contribution is 5.93. The number of amides is 4. The van der Waals surface area contributed by atoms with Crippen LogP contribution in [0.4, 0.5) is 4.79 Å². The lowest BCUT2D eigenvalue weighted by Gasteiger charge is -2.35. The van der Waals surface area contributed by atoms with Crippen molar-refractivity contribution in [1.82, 2.24) is 15.5 Å². The minimum Gasteiger partial charge on any atom is -0.444 e. The molecule has 0 aromatic heterocycles. The molecule has 0 radical (unpaired) electrons. The quantitative estimate of drug-likeness (QED) is 0.427. The van der Waals surface area contributed by atoms with Gasteiger partial charge < -0.3 is 26.0 Å². The number of hydrogen-bond acceptors (Lipinski definition) is 5. The first kappa shape index (κ1) is 28.7. The van der Waals surface area contributed by atoms with Crippen molar-refractivity contribution >= 4 is 23.8 Å². The number of primary amides is 1. The molecule has 4 N–H and O–H groups in total. The van der Waals surface area contributed by atoms with E-state index in [1.165, 1.54) is 4.90 Å². The smallest absolute Gasteiger partial charge is 0.408 e. The minimum atomic E-state index is -1.11. The summed E-state index contributed by atoms with van der Waals surface area (Å²) in [6.45, 7) is 10.8. The summed E-state index contributed by atoms with van der Waals surface area (Å²) in [4.78, 5) is 53.1. The number of carbonyl (C=O) groups excluding carboxylic acids is 4. The zero-order chi connectivity index (χ0) is 27.2. The average Bonchev–Trinajstić information content (AvgIpc) is 3.48. The number of nitrogens with zero attached hydrogens (tertiary/aromatic N) is 1. The number of nitrogens with two attached hydrogens (primary N) is 1. The van der Waals surface area contributed by atoms with E-state index < -0.39 is 35.6 Å². The number of hydrogen-bond donors (Lipinski definition) is 3. The number of benzene rings is 1. The fraction of sp³-hybridized carbons (Fsp3) is 0.556. The van der Waals surface area contributed by atoms with Gasteiger partial charge in [-0.15, -0.1) is 6.42 Å². The van der Waals surface area contributed by atoms with Crippen LogP contribution < -0.4 is 16.4 Å². The highest BCUT2D eigenvalue weighted by Crippen LogP contribution is 2.41. The third kappa shape index (κ3) is 8.29. The number of nitrogens with one attached hydrogen (secondary N) is 2. The monoisotopic (exact) mass is 498 g/mol. The predicted molar refractivity (Wildman–Crippen MR) is 136 cm³/mol. The van der Waals surface area contributed by atoms with Crippen LogP contribution in [0.15, 0.2) is 24.3 Å². The van der Waals surface area contributed by atoms with Crippen molar-refractivity contribution in [3.63, 3.8) is 0 Å². The third-order valence-electron chi connectivity index (χ3n) is 5.70. The highest BCUT2D eigenvalue weighted by Gasteiger charge is 2.48. The second-order valence-electron chi connectivity index (χ2n) is 10.6. The van der Waals surface area contributed by atoms with Crippen LogP contribution in [0.5, 0.6) is 0 Å². The Morgan fingerprint density at radius 3 is 2.19 bits per heavy atom. The van der Waals surface area contributed by atoms with Crippen LogP contribution in [0, 0.1) is 18.3 Å². The Bertz CT molecular complexity index is 1010. The minimum absolute atomic E-state index is 0.0282. The van der Waals surface area contributed by atoms with Crippen molar-refractivity contribution in [2.24, 2.45) is 11.7 Å². The molecule has 196 valence electrons. The molecule has 36 heavy (non-hydrogen) atoms. The van der Waals surface area contributed by atoms with Crippen molar-refractivity contribution in [1.29, 1.82) is 0 Å². The fourth-order valence-electron chi connectivity index (χ4n) is 3.91. The number of ether oxygens (including phenoxy) is 1. The van der Waals surface area contributed by atoms with E-state index in [4.69, 9.17) is 16.9 Å². The van der Waals surface area contributed by atoms with Crippen LogP contribution in [0.1, 0.15) is 78.0 Å². The average molecular weight is 499 g/mol. The molecular formula is C27H38N4O5. The molecular weight excluding hydrogens is 460 g/mol. The molecule has 1 aromatic rings. The van der Waals surface area contributed by atoms with Crippen LogP contribution in [0.2, 0.25) is 0 Å². The molecule has 0 bridgehead atoms. The van der Waals surface area contributed by atoms with Crippen LogP contribution >= 0.6 is 0 Å². The lowest BCUT2D eigenvalue weighted by molar-refractivity contribution is -0.144. The Balaban J connectivity index is 2.50. The molecule has 1 aliphatic rings. The molecule has 4 atom stereocenters. The number of alkyl carbamates (subject to hydrolysis) is 1. The van der Waals surface area contributed by atoms with Crippen LogP contribution in [0.3, 0.4) is 0 Å². The van der Waals surface area contributed by atoms with E-state index >= 15 is 0 Å². The number of carbonyl (C=O) groups is 4. The van der Waals surface area contributed by atoms with Gasteiger partial charge in [0.1, 0.15) is 17.7 Å². The normalized spacial score (nSPS) is 18.4. The van der Waals surface area contributed by atoms with E-state index in [0.29, 0.717) is 17.5 Å². The van der Waals surface area contributed by atoms with Gasteiger partial charge in [-0.25, -0.2) is 4.79 Å². The van der Waals surface area contributed by atoms with E-state index in [2.05, 4.69) is 16.6 Å². The van der Waals surface area contributed by atoms with Gasteiger partial charge in [-0.05, 0) is 71.1 Å². The van der Waals surface area contributed by atoms with E-state index in [0.717, 1.165) is 0 Å². The molecule has 0 spiro atoms. The summed E-state index contributed by atoms with van der Waals surface area (Å²) in [5.74, 6) is 1.26. The predicted octanol–water partition coefficient (Wildman–Crippen LogP) is 2.63. The Morgan fingerprint density at radius 1 is 1.17 bits per heavy atom. The Kier molecular flexibility index (Phi) is 9.51. The van der Waals surface area contributed by atoms with Crippen LogP contribution in [-0.2, 0) is 19.1 Å². The lowest BCUT2D eigenvalue weighted by Crippen LogP contribution is -2.54. The molecule has 0 saturated heterocycles. The standard InChI is InChI=1S/C27H38N4O5/c1-8-18-9-11-19(12-10-18)23(24(33)29-16(2)3)31(21-15-17(21)4)25(34)20(13-14-22(28)32)30-26(35)36-27(5,6)7/h1,9-12,16-17,20-21,23H,13-15H2,2-7H3,(H2,28,32)(H,29,33)(H,30,35). The zero-order valence-corrected chi connectivity index (χ0v) is 22.0. The number of rotatable bonds is 10. The third-order valence-corrected chi connectivity index (χ3v) is 5.70. The van der Waals surface area contributed by atoms with Gasteiger partial charge >= 0.3 is 6.09 Å². The molecule has 1 aliphatic carbocycles. The van der Waals surface area contributed by atoms with E-state index in [-0.39, 0.29) is 36.8 Å². The molecule has 1 fully saturated rings. The fourth-order valence-corrected chi connectivity index (χ4v) is 3.91. The van der Waals surface area contributed by atoms with Gasteiger partial charge in [0.25, 0.3) is 0 Å². The van der Waals surface area contributed by atoms with Crippen LogP contribution in [-0.4, -0.2) is 52.4 Å². The van der Waals surface area contributed by atoms with Crippen molar-refractivity contribution in [3.05, 3.63) is 35.4 Å². The van der Waals surface area contributed by atoms with E-state index in [1.807, 2.05) is 20.8 Å². The van der Waals surface area contributed by atoms with Crippen molar-refractivity contribution < 1.29 is 23.9 Å². The first-order valence-corrected chi connectivity index (χ1v) is 12.2. The SMILES string of the molecule is C#Cc1ccc(C(C(=O)NC(C)C)N(C(=O)C(CCC(N)=O)NC(=O)OC(C)(C)C)C2CC2C)cc1. The van der Waals surface area contributed by atoms with Gasteiger partial charge in [0.2, 0.25) is 17.7 Å². The summed E-state index contributed by atoms with van der Waals surface area (Å²) < 4.78 is 5.34. The maximum atomic E-state index is 14.0. The van der Waals surface area contributed by atoms with E-state index in [1.54, 1.807) is 45.0 Å². The molecule has 4 unspecified atom stereocenters. The molecule has 9 nitrogen and oxygen atoms in total. The topological polar surface area (TPSA) is 131 Å². The van der Waals surface area contributed by atoms with Crippen molar-refractivity contribution in [2.45, 2.75) is 90.6 Å². The molecule has 9 heteroatoms. The largest absolute Gasteiger partial charge is 0.444 e. The second kappa shape index (κ2) is 11.9. The van der Waals surface area contributed by atoms with Crippen molar-refractivity contribution in [3.8, 4) is 12.3 Å². The summed E-state index contributed by atoms with van der Waals surface area (Å²) >= 11 is 0. The summed E-state index contributed by atoms with van der Waals surface area (Å²) in [5, 5.41) is 5.50. The highest BCUT2D eigenvalue weighted by atomic mass is 16.6. The summed E-state index contributed by atoms with van der Waals surface area (Å²) in [7, 11) is 0. The molecule has 2 rings (SSSR count). The zero-order valence-electron chi connectivity index (χ0n) is 22.0. The maximum Gasteiger partial charge on any atom is 0.408 e. The summed E-state index contributed by atoms with van der Waals surface area (Å²) in [6.07, 6.45) is 5.24. The molecule has 4 amide bonds. The number of terminal acetylenes is 1. The molecule has 0 aliphatic heterocycles. The first-order valence-electron chi connectivity index (χ1n) is 12.2. The van der Waals surface area contributed by atoms with Gasteiger partial charge in [-0.3, -0.25) is 14.4 Å². The first-order chi connectivity index (χ1) is 16.7. The van der Waals surface area contributed by atoms with Gasteiger partial charge in [0.15, 0.2) is 0 Å². The maximum absolute atomic E-state index is 14.0. The summed E-state index contributed by atoms with van der Waals surface area (Å²) in [5.41, 5.74) is 5.78. The van der Waals surface area contributed by atoms with Gasteiger partial charge in [-0.2, -0.15) is 0 Å². The Hall–Kier alpha value is -3.54. The molecule has 1 aromatic carbocycles. The Labute approximate surface area is 213 Å². The van der Waals surface area contributed by atoms with Crippen molar-refractivity contribution in [2.75, 3.05) is 0 Å². The van der Waals surface area contributed by atoms with Gasteiger partial charge in [-0.1, -0.05) is 25.0 Å². The second-order valence-corrected chi connectivity index (χ2v) is 10.6. The van der Waals surface area contributed by atoms with Crippen LogP contribution in [0.25, 0.3) is 0 Å². The molecule has 1 saturated carbocycles. The Morgan fingerprint density at radius 2 is 1.75 bits per heavy atom. The molecule has 0 heterocycles. The van der Waals surface area contributed by atoms with E-state index in [9.17, 15) is 19.2 Å². The van der Waals surface area contributed by atoms with Gasteiger partial charge in [0.05, 0.1) is 0 Å².